The van der Waals surface area contributed by atoms with E-state index in [0.29, 0.717) is 0 Å². The number of aliphatic imine (C=N–C) groups is 1. The van der Waals surface area contributed by atoms with Crippen molar-refractivity contribution in [2.75, 3.05) is 0 Å². The predicted octanol–water partition coefficient (Wildman–Crippen LogP) is 4.10. The first-order valence-electron chi connectivity index (χ1n) is 5.94. The molecule has 2 aromatic rings. The number of fused-ring (bicyclic) bond motifs is 1. The second kappa shape index (κ2) is 3.56. The zero-order chi connectivity index (χ0) is 11.9. The van der Waals surface area contributed by atoms with Crippen molar-refractivity contribution in [3.05, 3.63) is 65.7 Å². The van der Waals surface area contributed by atoms with Gasteiger partial charge in [-0.15, -0.1) is 0 Å². The third-order valence-electron chi connectivity index (χ3n) is 3.45. The highest BCUT2D eigenvalue weighted by atomic mass is 14.8. The Morgan fingerprint density at radius 1 is 0.824 bits per heavy atom. The molecule has 1 heteroatoms. The highest BCUT2D eigenvalue weighted by Crippen LogP contribution is 2.41. The van der Waals surface area contributed by atoms with Crippen molar-refractivity contribution in [3.8, 4) is 0 Å². The first-order valence-corrected chi connectivity index (χ1v) is 5.94. The zero-order valence-electron chi connectivity index (χ0n) is 10.1. The van der Waals surface area contributed by atoms with Crippen LogP contribution in [-0.4, -0.2) is 5.71 Å². The van der Waals surface area contributed by atoms with Crippen LogP contribution in [0.1, 0.15) is 25.0 Å². The topological polar surface area (TPSA) is 12.4 Å². The van der Waals surface area contributed by atoms with Crippen molar-refractivity contribution < 1.29 is 0 Å². The summed E-state index contributed by atoms with van der Waals surface area (Å²) in [5, 5.41) is 0. The van der Waals surface area contributed by atoms with Crippen LogP contribution in [0.15, 0.2) is 59.6 Å². The van der Waals surface area contributed by atoms with Gasteiger partial charge in [-0.05, 0) is 17.2 Å². The van der Waals surface area contributed by atoms with Gasteiger partial charge in [0.15, 0.2) is 0 Å². The fourth-order valence-corrected chi connectivity index (χ4v) is 2.51. The van der Waals surface area contributed by atoms with Gasteiger partial charge in [0.05, 0.1) is 11.4 Å². The molecule has 0 amide bonds. The van der Waals surface area contributed by atoms with Gasteiger partial charge in [0, 0.05) is 5.41 Å². The van der Waals surface area contributed by atoms with Crippen LogP contribution >= 0.6 is 0 Å². The molecule has 1 aliphatic rings. The molecule has 1 heterocycles. The Kier molecular flexibility index (Phi) is 2.15. The average molecular weight is 221 g/mol. The molecule has 17 heavy (non-hydrogen) atoms. The van der Waals surface area contributed by atoms with E-state index in [-0.39, 0.29) is 5.41 Å². The quantitative estimate of drug-likeness (QED) is 0.687. The highest BCUT2D eigenvalue weighted by Gasteiger charge is 2.35. The van der Waals surface area contributed by atoms with Gasteiger partial charge >= 0.3 is 0 Å². The normalized spacial score (nSPS) is 16.5. The van der Waals surface area contributed by atoms with E-state index in [0.717, 1.165) is 5.69 Å². The summed E-state index contributed by atoms with van der Waals surface area (Å²) in [4.78, 5) is 4.79. The summed E-state index contributed by atoms with van der Waals surface area (Å²) in [5.41, 5.74) is 4.81. The van der Waals surface area contributed by atoms with E-state index in [1.807, 2.05) is 12.1 Å². The minimum absolute atomic E-state index is 0.00204. The lowest BCUT2D eigenvalue weighted by Crippen LogP contribution is -2.26. The molecule has 0 atom stereocenters. The molecule has 0 spiro atoms. The lowest BCUT2D eigenvalue weighted by molar-refractivity contribution is 0.737. The number of rotatable bonds is 1. The van der Waals surface area contributed by atoms with E-state index in [9.17, 15) is 0 Å². The predicted molar refractivity (Wildman–Crippen MR) is 72.1 cm³/mol. The molecule has 0 saturated carbocycles. The maximum absolute atomic E-state index is 4.79. The minimum Gasteiger partial charge on any atom is -0.252 e. The Labute approximate surface area is 102 Å². The number of hydrogen-bond donors (Lipinski definition) is 0. The second-order valence-electron chi connectivity index (χ2n) is 4.97. The summed E-state index contributed by atoms with van der Waals surface area (Å²) in [5.74, 6) is 0. The second-order valence-corrected chi connectivity index (χ2v) is 4.97. The fraction of sp³-hybridized carbons (Fsp3) is 0.188. The molecular weight excluding hydrogens is 206 g/mol. The third kappa shape index (κ3) is 1.50. The van der Waals surface area contributed by atoms with Gasteiger partial charge in [-0.3, -0.25) is 4.99 Å². The third-order valence-corrected chi connectivity index (χ3v) is 3.45. The van der Waals surface area contributed by atoms with Gasteiger partial charge < -0.3 is 0 Å². The molecule has 0 saturated heterocycles. The van der Waals surface area contributed by atoms with E-state index in [2.05, 4.69) is 56.3 Å². The SMILES string of the molecule is CC1(C)C(c2ccccc2)=Nc2ccccc21. The monoisotopic (exact) mass is 221 g/mol. The largest absolute Gasteiger partial charge is 0.252 e. The number of nitrogens with zero attached hydrogens (tertiary/aromatic N) is 1. The first-order chi connectivity index (χ1) is 8.19. The molecule has 0 aliphatic carbocycles. The van der Waals surface area contributed by atoms with Gasteiger partial charge in [0.2, 0.25) is 0 Å². The molecule has 1 aliphatic heterocycles. The summed E-state index contributed by atoms with van der Waals surface area (Å²) in [7, 11) is 0. The summed E-state index contributed by atoms with van der Waals surface area (Å²) in [6, 6.07) is 18.8. The van der Waals surface area contributed by atoms with Crippen LogP contribution in [0.25, 0.3) is 0 Å². The van der Waals surface area contributed by atoms with Crippen LogP contribution in [0.4, 0.5) is 5.69 Å². The fourth-order valence-electron chi connectivity index (χ4n) is 2.51. The molecular formula is C16H15N. The van der Waals surface area contributed by atoms with Crippen molar-refractivity contribution in [2.24, 2.45) is 4.99 Å². The van der Waals surface area contributed by atoms with E-state index < -0.39 is 0 Å². The number of benzene rings is 2. The van der Waals surface area contributed by atoms with Crippen LogP contribution in [-0.2, 0) is 5.41 Å². The van der Waals surface area contributed by atoms with Crippen molar-refractivity contribution in [1.82, 2.24) is 0 Å². The number of para-hydroxylation sites is 1. The molecule has 0 unspecified atom stereocenters. The summed E-state index contributed by atoms with van der Waals surface area (Å²) >= 11 is 0. The van der Waals surface area contributed by atoms with Crippen molar-refractivity contribution in [2.45, 2.75) is 19.3 Å². The standard InChI is InChI=1S/C16H15N/c1-16(2)13-10-6-7-11-14(13)17-15(16)12-8-4-3-5-9-12/h3-11H,1-2H3. The Bertz CT molecular complexity index is 579. The van der Waals surface area contributed by atoms with Crippen LogP contribution < -0.4 is 0 Å². The van der Waals surface area contributed by atoms with E-state index in [1.54, 1.807) is 0 Å². The van der Waals surface area contributed by atoms with Gasteiger partial charge in [-0.1, -0.05) is 62.4 Å². The van der Waals surface area contributed by atoms with Crippen LogP contribution in [0.2, 0.25) is 0 Å². The molecule has 84 valence electrons. The summed E-state index contributed by atoms with van der Waals surface area (Å²) in [6.45, 7) is 4.48. The van der Waals surface area contributed by atoms with Gasteiger partial charge in [-0.2, -0.15) is 0 Å². The van der Waals surface area contributed by atoms with E-state index in [1.165, 1.54) is 16.8 Å². The van der Waals surface area contributed by atoms with Crippen molar-refractivity contribution in [1.29, 1.82) is 0 Å². The molecule has 0 aromatic heterocycles. The Hall–Kier alpha value is -1.89. The molecule has 0 radical (unpaired) electrons. The minimum atomic E-state index is -0.00204. The van der Waals surface area contributed by atoms with Crippen molar-refractivity contribution in [3.63, 3.8) is 0 Å². The van der Waals surface area contributed by atoms with Gasteiger partial charge in [0.1, 0.15) is 0 Å². The summed E-state index contributed by atoms with van der Waals surface area (Å²) in [6.07, 6.45) is 0. The lowest BCUT2D eigenvalue weighted by atomic mass is 9.79. The average Bonchev–Trinajstić information content (AvgIpc) is 2.63. The zero-order valence-corrected chi connectivity index (χ0v) is 10.1. The maximum Gasteiger partial charge on any atom is 0.0675 e. The van der Waals surface area contributed by atoms with E-state index in [4.69, 9.17) is 4.99 Å². The first kappa shape index (κ1) is 10.3. The van der Waals surface area contributed by atoms with E-state index >= 15 is 0 Å². The smallest absolute Gasteiger partial charge is 0.0675 e. The van der Waals surface area contributed by atoms with Gasteiger partial charge in [0.25, 0.3) is 0 Å². The van der Waals surface area contributed by atoms with Crippen molar-refractivity contribution >= 4 is 11.4 Å². The summed E-state index contributed by atoms with van der Waals surface area (Å²) < 4.78 is 0. The van der Waals surface area contributed by atoms with Crippen LogP contribution in [0, 0.1) is 0 Å². The van der Waals surface area contributed by atoms with Crippen LogP contribution in [0.5, 0.6) is 0 Å². The Morgan fingerprint density at radius 3 is 2.18 bits per heavy atom. The molecule has 0 fully saturated rings. The molecule has 1 nitrogen and oxygen atoms in total. The Balaban J connectivity index is 2.17. The van der Waals surface area contributed by atoms with Gasteiger partial charge in [-0.25, -0.2) is 0 Å². The van der Waals surface area contributed by atoms with Crippen LogP contribution in [0.3, 0.4) is 0 Å². The molecule has 2 aromatic carbocycles. The molecule has 0 N–H and O–H groups in total. The molecule has 3 rings (SSSR count). The maximum atomic E-state index is 4.79. The Morgan fingerprint density at radius 2 is 1.47 bits per heavy atom. The molecule has 0 bridgehead atoms. The number of hydrogen-bond acceptors (Lipinski definition) is 1. The highest BCUT2D eigenvalue weighted by molar-refractivity contribution is 6.12. The lowest BCUT2D eigenvalue weighted by Gasteiger charge is -2.22.